The number of ether oxygens (including phenoxy) is 1. The number of hydrogen-bond acceptors (Lipinski definition) is 4. The van der Waals surface area contributed by atoms with E-state index >= 15 is 0 Å². The first-order chi connectivity index (χ1) is 12.1. The van der Waals surface area contributed by atoms with E-state index < -0.39 is 5.97 Å². The Morgan fingerprint density at radius 3 is 2.68 bits per heavy atom. The first-order valence-corrected chi connectivity index (χ1v) is 8.97. The molecule has 0 bridgehead atoms. The highest BCUT2D eigenvalue weighted by atomic mass is 16.5. The van der Waals surface area contributed by atoms with Crippen molar-refractivity contribution in [2.75, 3.05) is 24.6 Å². The van der Waals surface area contributed by atoms with E-state index in [2.05, 4.69) is 5.32 Å². The van der Waals surface area contributed by atoms with Crippen molar-refractivity contribution in [1.82, 2.24) is 5.32 Å². The van der Waals surface area contributed by atoms with Crippen LogP contribution in [-0.2, 0) is 25.5 Å². The Kier molecular flexibility index (Phi) is 5.68. The van der Waals surface area contributed by atoms with Crippen molar-refractivity contribution < 1.29 is 19.1 Å². The van der Waals surface area contributed by atoms with Crippen LogP contribution >= 0.6 is 0 Å². The summed E-state index contributed by atoms with van der Waals surface area (Å²) in [5.41, 5.74) is 2.01. The van der Waals surface area contributed by atoms with Crippen LogP contribution in [0.25, 0.3) is 0 Å². The van der Waals surface area contributed by atoms with Crippen molar-refractivity contribution in [3.05, 3.63) is 29.8 Å². The molecule has 1 aromatic rings. The topological polar surface area (TPSA) is 75.7 Å². The maximum absolute atomic E-state index is 12.3. The van der Waals surface area contributed by atoms with Crippen LogP contribution in [0.5, 0.6) is 0 Å². The molecule has 134 valence electrons. The van der Waals surface area contributed by atoms with Crippen LogP contribution < -0.4 is 10.2 Å². The molecule has 0 unspecified atom stereocenters. The van der Waals surface area contributed by atoms with Crippen LogP contribution in [0, 0.1) is 5.92 Å². The Morgan fingerprint density at radius 2 is 1.88 bits per heavy atom. The molecule has 0 radical (unpaired) electrons. The van der Waals surface area contributed by atoms with Crippen molar-refractivity contribution >= 4 is 23.5 Å². The largest absolute Gasteiger partial charge is 0.454 e. The standard InChI is InChI=1S/C19H24N2O4/c22-17(21-11-10-14-6-4-5-9-16(14)21)13-25-18(23)12-20-19(24)15-7-2-1-3-8-15/h4-6,9,15H,1-3,7-8,10-13H2,(H,20,24). The van der Waals surface area contributed by atoms with Crippen LogP contribution in [0.3, 0.4) is 0 Å². The van der Waals surface area contributed by atoms with E-state index in [9.17, 15) is 14.4 Å². The maximum Gasteiger partial charge on any atom is 0.325 e. The fourth-order valence-corrected chi connectivity index (χ4v) is 3.54. The first-order valence-electron chi connectivity index (χ1n) is 8.97. The van der Waals surface area contributed by atoms with Crippen LogP contribution in [-0.4, -0.2) is 37.5 Å². The third kappa shape index (κ3) is 4.38. The fraction of sp³-hybridized carbons (Fsp3) is 0.526. The van der Waals surface area contributed by atoms with Gasteiger partial charge in [0.05, 0.1) is 0 Å². The molecule has 0 spiro atoms. The first kappa shape index (κ1) is 17.5. The van der Waals surface area contributed by atoms with Gasteiger partial charge in [-0.3, -0.25) is 14.4 Å². The van der Waals surface area contributed by atoms with Crippen molar-refractivity contribution in [3.63, 3.8) is 0 Å². The molecule has 0 atom stereocenters. The zero-order valence-corrected chi connectivity index (χ0v) is 14.3. The Bertz CT molecular complexity index is 653. The number of para-hydroxylation sites is 1. The van der Waals surface area contributed by atoms with Gasteiger partial charge >= 0.3 is 5.97 Å². The van der Waals surface area contributed by atoms with Gasteiger partial charge in [0.1, 0.15) is 6.54 Å². The van der Waals surface area contributed by atoms with E-state index in [4.69, 9.17) is 4.74 Å². The van der Waals surface area contributed by atoms with Gasteiger partial charge in [-0.25, -0.2) is 0 Å². The summed E-state index contributed by atoms with van der Waals surface area (Å²) in [5, 5.41) is 2.62. The number of benzene rings is 1. The molecule has 3 rings (SSSR count). The molecule has 1 aromatic carbocycles. The van der Waals surface area contributed by atoms with Crippen LogP contribution in [0.15, 0.2) is 24.3 Å². The van der Waals surface area contributed by atoms with Gasteiger partial charge in [-0.1, -0.05) is 37.5 Å². The molecule has 6 heteroatoms. The minimum atomic E-state index is -0.579. The number of carbonyl (C=O) groups is 3. The third-order valence-electron chi connectivity index (χ3n) is 4.93. The van der Waals surface area contributed by atoms with E-state index in [0.29, 0.717) is 6.54 Å². The molecule has 0 saturated heterocycles. The number of carbonyl (C=O) groups excluding carboxylic acids is 3. The molecule has 1 fully saturated rings. The van der Waals surface area contributed by atoms with Gasteiger partial charge in [0.2, 0.25) is 5.91 Å². The lowest BCUT2D eigenvalue weighted by molar-refractivity contribution is -0.148. The van der Waals surface area contributed by atoms with Gasteiger partial charge in [-0.2, -0.15) is 0 Å². The summed E-state index contributed by atoms with van der Waals surface area (Å²) < 4.78 is 5.02. The lowest BCUT2D eigenvalue weighted by atomic mass is 9.89. The normalized spacial score (nSPS) is 17.0. The number of nitrogens with one attached hydrogen (secondary N) is 1. The SMILES string of the molecule is O=C(CNC(=O)C1CCCCC1)OCC(=O)N1CCc2ccccc21. The Hall–Kier alpha value is -2.37. The van der Waals surface area contributed by atoms with E-state index in [0.717, 1.165) is 43.4 Å². The second-order valence-corrected chi connectivity index (χ2v) is 6.64. The zero-order chi connectivity index (χ0) is 17.6. The van der Waals surface area contributed by atoms with Gasteiger partial charge in [0, 0.05) is 18.2 Å². The smallest absolute Gasteiger partial charge is 0.325 e. The average Bonchev–Trinajstić information content (AvgIpc) is 3.09. The van der Waals surface area contributed by atoms with Crippen LogP contribution in [0.2, 0.25) is 0 Å². The van der Waals surface area contributed by atoms with Crippen LogP contribution in [0.1, 0.15) is 37.7 Å². The molecule has 6 nitrogen and oxygen atoms in total. The summed E-state index contributed by atoms with van der Waals surface area (Å²) in [6, 6.07) is 7.72. The quantitative estimate of drug-likeness (QED) is 0.827. The summed E-state index contributed by atoms with van der Waals surface area (Å²) in [6.45, 7) is 0.125. The highest BCUT2D eigenvalue weighted by molar-refractivity contribution is 5.97. The molecule has 2 aliphatic rings. The number of nitrogens with zero attached hydrogens (tertiary/aromatic N) is 1. The second kappa shape index (κ2) is 8.14. The van der Waals surface area contributed by atoms with E-state index in [-0.39, 0.29) is 30.9 Å². The van der Waals surface area contributed by atoms with Gasteiger partial charge < -0.3 is 15.0 Å². The van der Waals surface area contributed by atoms with Gasteiger partial charge in [-0.05, 0) is 30.9 Å². The molecule has 0 aromatic heterocycles. The molecule has 2 amide bonds. The Morgan fingerprint density at radius 1 is 1.12 bits per heavy atom. The summed E-state index contributed by atoms with van der Waals surface area (Å²) in [7, 11) is 0. The highest BCUT2D eigenvalue weighted by Crippen LogP contribution is 2.27. The minimum Gasteiger partial charge on any atom is -0.454 e. The Labute approximate surface area is 147 Å². The second-order valence-electron chi connectivity index (χ2n) is 6.64. The summed E-state index contributed by atoms with van der Waals surface area (Å²) in [5.74, 6) is -0.900. The minimum absolute atomic E-state index is 0.00397. The monoisotopic (exact) mass is 344 g/mol. The molecule has 25 heavy (non-hydrogen) atoms. The summed E-state index contributed by atoms with van der Waals surface area (Å²) in [6.07, 6.45) is 5.88. The third-order valence-corrected chi connectivity index (χ3v) is 4.93. The van der Waals surface area contributed by atoms with Crippen molar-refractivity contribution in [2.24, 2.45) is 5.92 Å². The number of amides is 2. The fourth-order valence-electron chi connectivity index (χ4n) is 3.54. The molecule has 1 N–H and O–H groups in total. The zero-order valence-electron chi connectivity index (χ0n) is 14.3. The van der Waals surface area contributed by atoms with Gasteiger partial charge in [0.15, 0.2) is 6.61 Å². The van der Waals surface area contributed by atoms with Gasteiger partial charge in [-0.15, -0.1) is 0 Å². The predicted molar refractivity (Wildman–Crippen MR) is 93.0 cm³/mol. The summed E-state index contributed by atoms with van der Waals surface area (Å²) >= 11 is 0. The number of fused-ring (bicyclic) bond motifs is 1. The number of esters is 1. The number of anilines is 1. The van der Waals surface area contributed by atoms with Gasteiger partial charge in [0.25, 0.3) is 5.91 Å². The molecule has 1 heterocycles. The van der Waals surface area contributed by atoms with Crippen molar-refractivity contribution in [2.45, 2.75) is 38.5 Å². The van der Waals surface area contributed by atoms with E-state index in [1.165, 1.54) is 6.42 Å². The molecular weight excluding hydrogens is 320 g/mol. The van der Waals surface area contributed by atoms with E-state index in [1.807, 2.05) is 24.3 Å². The molecule has 1 aliphatic carbocycles. The number of hydrogen-bond donors (Lipinski definition) is 1. The Balaban J connectivity index is 1.40. The lowest BCUT2D eigenvalue weighted by Crippen LogP contribution is -2.38. The van der Waals surface area contributed by atoms with Crippen molar-refractivity contribution in [3.8, 4) is 0 Å². The van der Waals surface area contributed by atoms with Crippen molar-refractivity contribution in [1.29, 1.82) is 0 Å². The predicted octanol–water partition coefficient (Wildman–Crippen LogP) is 1.82. The average molecular weight is 344 g/mol. The van der Waals surface area contributed by atoms with Crippen LogP contribution in [0.4, 0.5) is 5.69 Å². The molecule has 1 saturated carbocycles. The highest BCUT2D eigenvalue weighted by Gasteiger charge is 2.25. The maximum atomic E-state index is 12.3. The van der Waals surface area contributed by atoms with E-state index in [1.54, 1.807) is 4.90 Å². The molecular formula is C19H24N2O4. The number of rotatable bonds is 5. The lowest BCUT2D eigenvalue weighted by Gasteiger charge is -2.20. The molecule has 1 aliphatic heterocycles. The summed E-state index contributed by atoms with van der Waals surface area (Å²) in [4.78, 5) is 37.7.